The van der Waals surface area contributed by atoms with E-state index in [0.717, 1.165) is 28.0 Å². The van der Waals surface area contributed by atoms with Crippen molar-refractivity contribution < 1.29 is 9.59 Å². The van der Waals surface area contributed by atoms with Crippen LogP contribution < -0.4 is 5.32 Å². The number of Topliss-reactive ketones (excluding diaryl/α,β-unsaturated/α-hetero) is 1. The molecular formula is C12H15BrN2O2S. The molecule has 1 aromatic rings. The van der Waals surface area contributed by atoms with Gasteiger partial charge < -0.3 is 5.32 Å². The molecule has 1 unspecified atom stereocenters. The molecule has 1 fully saturated rings. The average molecular weight is 331 g/mol. The zero-order valence-corrected chi connectivity index (χ0v) is 12.5. The molecule has 2 rings (SSSR count). The summed E-state index contributed by atoms with van der Waals surface area (Å²) in [4.78, 5) is 26.5. The van der Waals surface area contributed by atoms with Crippen molar-refractivity contribution in [3.8, 4) is 0 Å². The third-order valence-electron chi connectivity index (χ3n) is 3.11. The average Bonchev–Trinajstić information content (AvgIpc) is 2.97. The van der Waals surface area contributed by atoms with Crippen LogP contribution in [0, 0.1) is 0 Å². The molecule has 98 valence electrons. The number of halogens is 1. The third-order valence-corrected chi connectivity index (χ3v) is 4.77. The van der Waals surface area contributed by atoms with Crippen molar-refractivity contribution in [3.05, 3.63) is 20.8 Å². The van der Waals surface area contributed by atoms with Gasteiger partial charge in [-0.05, 0) is 47.4 Å². The molecule has 0 bridgehead atoms. The minimum atomic E-state index is -0.151. The number of nitrogens with one attached hydrogen (secondary N) is 1. The van der Waals surface area contributed by atoms with E-state index in [1.165, 1.54) is 11.3 Å². The number of thiophene rings is 1. The second-order valence-electron chi connectivity index (χ2n) is 4.27. The molecule has 1 aromatic heterocycles. The van der Waals surface area contributed by atoms with E-state index in [2.05, 4.69) is 21.2 Å². The second kappa shape index (κ2) is 5.95. The van der Waals surface area contributed by atoms with Crippen molar-refractivity contribution in [3.63, 3.8) is 0 Å². The summed E-state index contributed by atoms with van der Waals surface area (Å²) in [5.74, 6) is 0.0918. The highest BCUT2D eigenvalue weighted by atomic mass is 79.9. The van der Waals surface area contributed by atoms with Gasteiger partial charge in [0.25, 0.3) is 0 Å². The van der Waals surface area contributed by atoms with Gasteiger partial charge in [-0.1, -0.05) is 0 Å². The van der Waals surface area contributed by atoms with Crippen LogP contribution in [-0.4, -0.2) is 42.8 Å². The number of hydrogen-bond acceptors (Lipinski definition) is 4. The lowest BCUT2D eigenvalue weighted by atomic mass is 10.2. The minimum absolute atomic E-state index is 0.00709. The van der Waals surface area contributed by atoms with Gasteiger partial charge in [-0.3, -0.25) is 14.5 Å². The lowest BCUT2D eigenvalue weighted by molar-refractivity contribution is -0.124. The van der Waals surface area contributed by atoms with E-state index in [1.807, 2.05) is 17.0 Å². The molecule has 1 N–H and O–H groups in total. The molecule has 1 saturated heterocycles. The fraction of sp³-hybridized carbons (Fsp3) is 0.500. The largest absolute Gasteiger partial charge is 0.358 e. The Morgan fingerprint density at radius 2 is 2.33 bits per heavy atom. The summed E-state index contributed by atoms with van der Waals surface area (Å²) in [5, 5.41) is 2.66. The summed E-state index contributed by atoms with van der Waals surface area (Å²) in [6.07, 6.45) is 1.81. The standard InChI is InChI=1S/C12H15BrN2O2S/c1-14-12(17)8-3-2-6-15(8)7-9(16)10-4-5-11(13)18-10/h4-5,8H,2-3,6-7H2,1H3,(H,14,17). The van der Waals surface area contributed by atoms with Gasteiger partial charge in [0, 0.05) is 7.05 Å². The Morgan fingerprint density at radius 1 is 1.56 bits per heavy atom. The minimum Gasteiger partial charge on any atom is -0.358 e. The van der Waals surface area contributed by atoms with Crippen LogP contribution in [0.2, 0.25) is 0 Å². The van der Waals surface area contributed by atoms with Crippen LogP contribution in [0.3, 0.4) is 0 Å². The second-order valence-corrected chi connectivity index (χ2v) is 6.73. The number of carbonyl (C=O) groups excluding carboxylic acids is 2. The van der Waals surface area contributed by atoms with E-state index in [-0.39, 0.29) is 17.7 Å². The van der Waals surface area contributed by atoms with Crippen LogP contribution >= 0.6 is 27.3 Å². The van der Waals surface area contributed by atoms with Gasteiger partial charge in [-0.25, -0.2) is 0 Å². The Hall–Kier alpha value is -0.720. The van der Waals surface area contributed by atoms with E-state index in [9.17, 15) is 9.59 Å². The number of amides is 1. The summed E-state index contributed by atoms with van der Waals surface area (Å²) in [7, 11) is 1.64. The summed E-state index contributed by atoms with van der Waals surface area (Å²) >= 11 is 4.78. The fourth-order valence-electron chi connectivity index (χ4n) is 2.21. The number of likely N-dealkylation sites (tertiary alicyclic amines) is 1. The lowest BCUT2D eigenvalue weighted by Gasteiger charge is -2.21. The van der Waals surface area contributed by atoms with Gasteiger partial charge in [0.1, 0.15) is 0 Å². The Balaban J connectivity index is 2.00. The number of hydrogen-bond donors (Lipinski definition) is 1. The molecule has 6 heteroatoms. The molecule has 4 nitrogen and oxygen atoms in total. The Morgan fingerprint density at radius 3 is 2.94 bits per heavy atom. The van der Waals surface area contributed by atoms with E-state index in [1.54, 1.807) is 7.05 Å². The summed E-state index contributed by atoms with van der Waals surface area (Å²) in [6.45, 7) is 1.14. The molecule has 0 radical (unpaired) electrons. The van der Waals surface area contributed by atoms with Crippen molar-refractivity contribution in [2.24, 2.45) is 0 Å². The van der Waals surface area contributed by atoms with E-state index in [4.69, 9.17) is 0 Å². The van der Waals surface area contributed by atoms with Crippen LogP contribution in [0.1, 0.15) is 22.5 Å². The first-order valence-corrected chi connectivity index (χ1v) is 7.47. The van der Waals surface area contributed by atoms with E-state index >= 15 is 0 Å². The van der Waals surface area contributed by atoms with E-state index in [0.29, 0.717) is 6.54 Å². The number of nitrogens with zero attached hydrogens (tertiary/aromatic N) is 1. The van der Waals surface area contributed by atoms with E-state index < -0.39 is 0 Å². The highest BCUT2D eigenvalue weighted by Crippen LogP contribution is 2.24. The number of likely N-dealkylation sites (N-methyl/N-ethyl adjacent to an activating group) is 1. The molecule has 0 aliphatic carbocycles. The first-order valence-electron chi connectivity index (χ1n) is 5.86. The van der Waals surface area contributed by atoms with Gasteiger partial charge in [0.05, 0.1) is 21.3 Å². The monoisotopic (exact) mass is 330 g/mol. The molecule has 18 heavy (non-hydrogen) atoms. The first-order chi connectivity index (χ1) is 8.61. The molecule has 2 heterocycles. The maximum atomic E-state index is 12.1. The van der Waals surface area contributed by atoms with Crippen LogP contribution in [0.4, 0.5) is 0 Å². The van der Waals surface area contributed by atoms with Crippen LogP contribution in [0.5, 0.6) is 0 Å². The summed E-state index contributed by atoms with van der Waals surface area (Å²) in [5.41, 5.74) is 0. The van der Waals surface area contributed by atoms with Crippen molar-refractivity contribution >= 4 is 39.0 Å². The smallest absolute Gasteiger partial charge is 0.237 e. The summed E-state index contributed by atoms with van der Waals surface area (Å²) in [6, 6.07) is 3.54. The SMILES string of the molecule is CNC(=O)C1CCCN1CC(=O)c1ccc(Br)s1. The van der Waals surface area contributed by atoms with Crippen molar-refractivity contribution in [2.45, 2.75) is 18.9 Å². The zero-order chi connectivity index (χ0) is 13.1. The van der Waals surface area contributed by atoms with Crippen molar-refractivity contribution in [1.82, 2.24) is 10.2 Å². The zero-order valence-electron chi connectivity index (χ0n) is 10.1. The lowest BCUT2D eigenvalue weighted by Crippen LogP contribution is -2.43. The number of ketones is 1. The maximum Gasteiger partial charge on any atom is 0.237 e. The Kier molecular flexibility index (Phi) is 4.53. The summed E-state index contributed by atoms with van der Waals surface area (Å²) < 4.78 is 0.954. The molecule has 1 amide bonds. The first kappa shape index (κ1) is 13.7. The molecule has 1 atom stereocenters. The normalized spacial score (nSPS) is 20.0. The molecule has 0 spiro atoms. The van der Waals surface area contributed by atoms with Gasteiger partial charge in [-0.2, -0.15) is 0 Å². The van der Waals surface area contributed by atoms with Gasteiger partial charge in [0.2, 0.25) is 5.91 Å². The van der Waals surface area contributed by atoms with Crippen molar-refractivity contribution in [2.75, 3.05) is 20.1 Å². The van der Waals surface area contributed by atoms with Crippen LogP contribution in [-0.2, 0) is 4.79 Å². The quantitative estimate of drug-likeness (QED) is 0.858. The number of carbonyl (C=O) groups is 2. The Bertz CT molecular complexity index is 461. The highest BCUT2D eigenvalue weighted by molar-refractivity contribution is 9.11. The van der Waals surface area contributed by atoms with Gasteiger partial charge >= 0.3 is 0 Å². The maximum absolute atomic E-state index is 12.1. The van der Waals surface area contributed by atoms with Crippen LogP contribution in [0.15, 0.2) is 15.9 Å². The van der Waals surface area contributed by atoms with Crippen LogP contribution in [0.25, 0.3) is 0 Å². The fourth-order valence-corrected chi connectivity index (χ4v) is 3.52. The van der Waals surface area contributed by atoms with Crippen molar-refractivity contribution in [1.29, 1.82) is 0 Å². The number of rotatable bonds is 4. The Labute approximate surface area is 118 Å². The predicted molar refractivity (Wildman–Crippen MR) is 75.0 cm³/mol. The molecule has 0 saturated carbocycles. The molecule has 1 aliphatic rings. The predicted octanol–water partition coefficient (Wildman–Crippen LogP) is 1.90. The third kappa shape index (κ3) is 2.99. The van der Waals surface area contributed by atoms with Gasteiger partial charge in [-0.15, -0.1) is 11.3 Å². The molecule has 0 aromatic carbocycles. The topological polar surface area (TPSA) is 49.4 Å². The highest BCUT2D eigenvalue weighted by Gasteiger charge is 2.31. The molecular weight excluding hydrogens is 316 g/mol. The molecule has 1 aliphatic heterocycles. The van der Waals surface area contributed by atoms with Gasteiger partial charge in [0.15, 0.2) is 5.78 Å².